The Labute approximate surface area is 189 Å². The van der Waals surface area contributed by atoms with Crippen LogP contribution in [-0.4, -0.2) is 62.7 Å². The van der Waals surface area contributed by atoms with E-state index < -0.39 is 5.54 Å². The highest BCUT2D eigenvalue weighted by molar-refractivity contribution is 5.89. The van der Waals surface area contributed by atoms with Gasteiger partial charge in [-0.25, -0.2) is 0 Å². The Bertz CT molecular complexity index is 900. The Kier molecular flexibility index (Phi) is 6.45. The molecule has 4 rings (SSSR count). The minimum Gasteiger partial charge on any atom is -0.497 e. The number of carbonyl (C=O) groups is 2. The van der Waals surface area contributed by atoms with Crippen molar-refractivity contribution in [1.29, 1.82) is 5.26 Å². The van der Waals surface area contributed by atoms with Crippen LogP contribution in [0.1, 0.15) is 38.5 Å². The number of anilines is 1. The topological polar surface area (TPSA) is 94.9 Å². The van der Waals surface area contributed by atoms with Crippen molar-refractivity contribution in [3.63, 3.8) is 0 Å². The molecule has 2 amide bonds. The van der Waals surface area contributed by atoms with Crippen LogP contribution in [0.5, 0.6) is 11.5 Å². The van der Waals surface area contributed by atoms with Crippen LogP contribution in [0.25, 0.3) is 0 Å². The lowest BCUT2D eigenvalue weighted by Crippen LogP contribution is -2.53. The lowest BCUT2D eigenvalue weighted by Gasteiger charge is -2.40. The molecule has 1 heterocycles. The van der Waals surface area contributed by atoms with Gasteiger partial charge in [-0.1, -0.05) is 12.8 Å². The summed E-state index contributed by atoms with van der Waals surface area (Å²) < 4.78 is 10.8. The Morgan fingerprint density at radius 2 is 1.75 bits per heavy atom. The number of nitrogens with one attached hydrogen (secondary N) is 1. The fourth-order valence-electron chi connectivity index (χ4n) is 4.91. The van der Waals surface area contributed by atoms with E-state index >= 15 is 0 Å². The van der Waals surface area contributed by atoms with Crippen molar-refractivity contribution in [2.24, 2.45) is 11.8 Å². The summed E-state index contributed by atoms with van der Waals surface area (Å²) >= 11 is 0. The van der Waals surface area contributed by atoms with Gasteiger partial charge >= 0.3 is 0 Å². The first kappa shape index (κ1) is 22.3. The van der Waals surface area contributed by atoms with Gasteiger partial charge in [0.15, 0.2) is 0 Å². The summed E-state index contributed by atoms with van der Waals surface area (Å²) in [5.74, 6) is 0.823. The molecule has 172 valence electrons. The smallest absolute Gasteiger partial charge is 0.226 e. The number of benzene rings is 1. The minimum atomic E-state index is -0.689. The highest BCUT2D eigenvalue weighted by Crippen LogP contribution is 2.38. The molecule has 2 saturated carbocycles. The van der Waals surface area contributed by atoms with Gasteiger partial charge in [0, 0.05) is 44.1 Å². The van der Waals surface area contributed by atoms with E-state index in [0.29, 0.717) is 45.4 Å². The summed E-state index contributed by atoms with van der Waals surface area (Å²) in [6.45, 7) is 2.63. The van der Waals surface area contributed by atoms with Gasteiger partial charge < -0.3 is 24.6 Å². The highest BCUT2D eigenvalue weighted by Gasteiger charge is 2.47. The predicted octanol–water partition coefficient (Wildman–Crippen LogP) is 2.33. The Morgan fingerprint density at radius 1 is 1.06 bits per heavy atom. The summed E-state index contributed by atoms with van der Waals surface area (Å²) in [5.41, 5.74) is 0.298. The SMILES string of the molecule is COc1ccc(N2CCN(C(=O)C3CCCCC3C(=O)NC3(C#N)CC3)CC2)c(OC)c1. The monoisotopic (exact) mass is 440 g/mol. The second kappa shape index (κ2) is 9.27. The molecule has 1 aromatic carbocycles. The molecule has 0 bridgehead atoms. The van der Waals surface area contributed by atoms with Gasteiger partial charge in [-0.05, 0) is 37.8 Å². The van der Waals surface area contributed by atoms with Crippen molar-refractivity contribution in [3.05, 3.63) is 18.2 Å². The normalized spacial score (nSPS) is 24.3. The third-order valence-electron chi connectivity index (χ3n) is 7.07. The van der Waals surface area contributed by atoms with Crippen LogP contribution in [0.15, 0.2) is 18.2 Å². The van der Waals surface area contributed by atoms with Gasteiger partial charge in [0.25, 0.3) is 0 Å². The zero-order chi connectivity index (χ0) is 22.7. The van der Waals surface area contributed by atoms with Gasteiger partial charge in [-0.3, -0.25) is 9.59 Å². The first-order chi connectivity index (χ1) is 15.5. The molecule has 3 aliphatic rings. The molecule has 8 heteroatoms. The number of amides is 2. The average Bonchev–Trinajstić information content (AvgIpc) is 3.63. The van der Waals surface area contributed by atoms with E-state index in [2.05, 4.69) is 16.3 Å². The zero-order valence-electron chi connectivity index (χ0n) is 18.9. The standard InChI is InChI=1S/C24H32N4O4/c1-31-17-7-8-20(21(15-17)32-2)27-11-13-28(14-12-27)23(30)19-6-4-3-5-18(19)22(29)26-24(16-25)9-10-24/h7-8,15,18-19H,3-6,9-14H2,1-2H3,(H,26,29). The number of carbonyl (C=O) groups excluding carboxylic acids is 2. The lowest BCUT2D eigenvalue weighted by atomic mass is 9.77. The van der Waals surface area contributed by atoms with Gasteiger partial charge in [0.1, 0.15) is 17.0 Å². The molecule has 0 spiro atoms. The van der Waals surface area contributed by atoms with Crippen molar-refractivity contribution < 1.29 is 19.1 Å². The number of piperazine rings is 1. The van der Waals surface area contributed by atoms with Crippen LogP contribution < -0.4 is 19.7 Å². The quantitative estimate of drug-likeness (QED) is 0.730. The lowest BCUT2D eigenvalue weighted by molar-refractivity contribution is -0.144. The molecule has 1 aromatic rings. The Hall–Kier alpha value is -2.95. The van der Waals surface area contributed by atoms with Crippen LogP contribution in [0.3, 0.4) is 0 Å². The maximum Gasteiger partial charge on any atom is 0.226 e. The van der Waals surface area contributed by atoms with E-state index in [9.17, 15) is 14.9 Å². The van der Waals surface area contributed by atoms with Crippen molar-refractivity contribution in [1.82, 2.24) is 10.2 Å². The molecule has 3 fully saturated rings. The second-order valence-corrected chi connectivity index (χ2v) is 9.03. The average molecular weight is 441 g/mol. The molecule has 32 heavy (non-hydrogen) atoms. The third kappa shape index (κ3) is 4.47. The van der Waals surface area contributed by atoms with Crippen molar-refractivity contribution in [2.45, 2.75) is 44.1 Å². The van der Waals surface area contributed by atoms with Crippen LogP contribution in [0.2, 0.25) is 0 Å². The summed E-state index contributed by atoms with van der Waals surface area (Å²) in [4.78, 5) is 30.4. The van der Waals surface area contributed by atoms with Crippen molar-refractivity contribution in [2.75, 3.05) is 45.3 Å². The molecule has 1 saturated heterocycles. The molecule has 0 aromatic heterocycles. The van der Waals surface area contributed by atoms with E-state index in [4.69, 9.17) is 9.47 Å². The molecule has 2 aliphatic carbocycles. The number of methoxy groups -OCH3 is 2. The number of ether oxygens (including phenoxy) is 2. The van der Waals surface area contributed by atoms with Crippen LogP contribution in [0.4, 0.5) is 5.69 Å². The molecule has 2 unspecified atom stereocenters. The zero-order valence-corrected chi connectivity index (χ0v) is 18.9. The molecular weight excluding hydrogens is 408 g/mol. The fourth-order valence-corrected chi connectivity index (χ4v) is 4.91. The predicted molar refractivity (Wildman–Crippen MR) is 120 cm³/mol. The largest absolute Gasteiger partial charge is 0.497 e. The Morgan fingerprint density at radius 3 is 2.34 bits per heavy atom. The molecule has 2 atom stereocenters. The molecule has 8 nitrogen and oxygen atoms in total. The van der Waals surface area contributed by atoms with Gasteiger partial charge in [-0.2, -0.15) is 5.26 Å². The second-order valence-electron chi connectivity index (χ2n) is 9.03. The van der Waals surface area contributed by atoms with Crippen molar-refractivity contribution >= 4 is 17.5 Å². The highest BCUT2D eigenvalue weighted by atomic mass is 16.5. The van der Waals surface area contributed by atoms with Crippen LogP contribution >= 0.6 is 0 Å². The maximum absolute atomic E-state index is 13.4. The fraction of sp³-hybridized carbons (Fsp3) is 0.625. The van der Waals surface area contributed by atoms with E-state index in [-0.39, 0.29) is 23.7 Å². The van der Waals surface area contributed by atoms with Crippen molar-refractivity contribution in [3.8, 4) is 17.6 Å². The van der Waals surface area contributed by atoms with Crippen LogP contribution in [0, 0.1) is 23.2 Å². The molecule has 1 aliphatic heterocycles. The number of rotatable bonds is 6. The van der Waals surface area contributed by atoms with E-state index in [1.54, 1.807) is 14.2 Å². The summed E-state index contributed by atoms with van der Waals surface area (Å²) in [6.07, 6.45) is 4.78. The first-order valence-corrected chi connectivity index (χ1v) is 11.5. The third-order valence-corrected chi connectivity index (χ3v) is 7.07. The summed E-state index contributed by atoms with van der Waals surface area (Å²) in [7, 11) is 3.27. The maximum atomic E-state index is 13.4. The van der Waals surface area contributed by atoms with E-state index in [0.717, 1.165) is 36.4 Å². The Balaban J connectivity index is 1.39. The molecular formula is C24H32N4O4. The van der Waals surface area contributed by atoms with Gasteiger partial charge in [-0.15, -0.1) is 0 Å². The molecule has 1 N–H and O–H groups in total. The van der Waals surface area contributed by atoms with E-state index in [1.807, 2.05) is 23.1 Å². The first-order valence-electron chi connectivity index (χ1n) is 11.5. The van der Waals surface area contributed by atoms with Crippen LogP contribution in [-0.2, 0) is 9.59 Å². The summed E-state index contributed by atoms with van der Waals surface area (Å²) in [5, 5.41) is 12.2. The number of hydrogen-bond acceptors (Lipinski definition) is 6. The number of nitriles is 1. The van der Waals surface area contributed by atoms with E-state index in [1.165, 1.54) is 0 Å². The van der Waals surface area contributed by atoms with Gasteiger partial charge in [0.2, 0.25) is 11.8 Å². The minimum absolute atomic E-state index is 0.0769. The van der Waals surface area contributed by atoms with Gasteiger partial charge in [0.05, 0.1) is 26.0 Å². The number of nitrogens with zero attached hydrogens (tertiary/aromatic N) is 3. The number of hydrogen-bond donors (Lipinski definition) is 1. The summed E-state index contributed by atoms with van der Waals surface area (Å²) in [6, 6.07) is 7.98. The molecule has 0 radical (unpaired) electrons.